The van der Waals surface area contributed by atoms with Crippen LogP contribution in [-0.4, -0.2) is 60.1 Å². The van der Waals surface area contributed by atoms with Gasteiger partial charge in [0.1, 0.15) is 0 Å². The molecule has 3 amide bonds. The van der Waals surface area contributed by atoms with Gasteiger partial charge in [-0.15, -0.1) is 0 Å². The fraction of sp³-hybridized carbons (Fsp3) is 0.308. The molecule has 0 saturated carbocycles. The first-order valence-electron chi connectivity index (χ1n) is 16.8. The van der Waals surface area contributed by atoms with Crippen molar-refractivity contribution in [3.05, 3.63) is 130 Å². The molecule has 1 saturated heterocycles. The number of amides is 3. The van der Waals surface area contributed by atoms with E-state index in [-0.39, 0.29) is 43.8 Å². The van der Waals surface area contributed by atoms with Gasteiger partial charge < -0.3 is 29.8 Å². The number of carbonyl (C=O) groups excluding carboxylic acids is 3. The van der Waals surface area contributed by atoms with Crippen molar-refractivity contribution in [3.63, 3.8) is 0 Å². The summed E-state index contributed by atoms with van der Waals surface area (Å²) in [5, 5.41) is 12.8. The summed E-state index contributed by atoms with van der Waals surface area (Å²) in [6.07, 6.45) is -0.770. The van der Waals surface area contributed by atoms with Crippen LogP contribution in [0, 0.1) is 5.92 Å². The summed E-state index contributed by atoms with van der Waals surface area (Å²) < 4.78 is 7.67. The van der Waals surface area contributed by atoms with Crippen LogP contribution in [0.15, 0.2) is 108 Å². The molecule has 1 spiro atoms. The third kappa shape index (κ3) is 7.06. The number of rotatable bonds is 11. The summed E-state index contributed by atoms with van der Waals surface area (Å²) in [7, 11) is -3.02. The number of aliphatic hydroxyl groups excluding tert-OH is 1. The Kier molecular flexibility index (Phi) is 10.4. The molecule has 2 aliphatic heterocycles. The van der Waals surface area contributed by atoms with Crippen LogP contribution in [0.1, 0.15) is 40.4 Å². The van der Waals surface area contributed by atoms with Gasteiger partial charge in [-0.25, -0.2) is 0 Å². The highest BCUT2D eigenvalue weighted by atomic mass is 79.9. The number of aliphatic hydroxyl groups is 1. The second-order valence-corrected chi connectivity index (χ2v) is 18.6. The molecule has 9 nitrogen and oxygen atoms in total. The number of carbonyl (C=O) groups is 3. The number of hydrogen-bond donors (Lipinski definition) is 3. The van der Waals surface area contributed by atoms with E-state index in [1.54, 1.807) is 21.9 Å². The Morgan fingerprint density at radius 2 is 1.64 bits per heavy atom. The lowest BCUT2D eigenvalue weighted by Crippen LogP contribution is -2.46. The van der Waals surface area contributed by atoms with Gasteiger partial charge >= 0.3 is 0 Å². The number of anilines is 2. The highest BCUT2D eigenvalue weighted by Gasteiger charge is 2.66. The standard InChI is InChI=1S/C39H42BrN3O6Si/c1-26-36(50(2,3)48)34(23-35(45)42(19-20-44)24-27-11-6-4-7-12-27)49-39(26)32-22-30(40)17-18-33(32)43(38(39)47)25-28-13-10-16-31(21-28)41-37(46)29-14-8-5-9-15-29/h4-18,21-22,26,34,36,44,48H,19-20,23-25H2,1-3H3,(H,41,46)/t26-,34+,36-,39+/m1/s1. The number of fused-ring (bicyclic) bond motifs is 2. The zero-order valence-corrected chi connectivity index (χ0v) is 31.0. The Balaban J connectivity index is 1.30. The van der Waals surface area contributed by atoms with E-state index < -0.39 is 31.5 Å². The molecule has 4 aromatic carbocycles. The Morgan fingerprint density at radius 1 is 0.960 bits per heavy atom. The van der Waals surface area contributed by atoms with Gasteiger partial charge in [0.05, 0.1) is 31.4 Å². The van der Waals surface area contributed by atoms with E-state index in [9.17, 15) is 24.3 Å². The molecule has 0 radical (unpaired) electrons. The Bertz CT molecular complexity index is 1870. The molecule has 4 atom stereocenters. The Morgan fingerprint density at radius 3 is 2.32 bits per heavy atom. The zero-order chi connectivity index (χ0) is 35.6. The molecule has 0 unspecified atom stereocenters. The largest absolute Gasteiger partial charge is 0.432 e. The average molecular weight is 757 g/mol. The molecule has 3 N–H and O–H groups in total. The summed E-state index contributed by atoms with van der Waals surface area (Å²) in [6, 6.07) is 31.6. The van der Waals surface area contributed by atoms with Crippen LogP contribution in [0.3, 0.4) is 0 Å². The van der Waals surface area contributed by atoms with Gasteiger partial charge in [0, 0.05) is 45.8 Å². The molecule has 11 heteroatoms. The molecule has 50 heavy (non-hydrogen) atoms. The molecule has 6 rings (SSSR count). The first-order chi connectivity index (χ1) is 23.9. The second-order valence-electron chi connectivity index (χ2n) is 13.7. The lowest BCUT2D eigenvalue weighted by atomic mass is 9.82. The van der Waals surface area contributed by atoms with E-state index in [1.165, 1.54) is 0 Å². The van der Waals surface area contributed by atoms with Gasteiger partial charge in [0.25, 0.3) is 11.8 Å². The van der Waals surface area contributed by atoms with Gasteiger partial charge in [0.2, 0.25) is 5.91 Å². The highest BCUT2D eigenvalue weighted by molar-refractivity contribution is 9.10. The molecule has 0 bridgehead atoms. The fourth-order valence-electron chi connectivity index (χ4n) is 7.65. The minimum absolute atomic E-state index is 0.0413. The molecule has 260 valence electrons. The van der Waals surface area contributed by atoms with Gasteiger partial charge in [-0.05, 0) is 66.7 Å². The number of hydrogen-bond acceptors (Lipinski definition) is 6. The summed E-state index contributed by atoms with van der Waals surface area (Å²) in [5.41, 5.74) is 2.40. The quantitative estimate of drug-likeness (QED) is 0.151. The monoisotopic (exact) mass is 755 g/mol. The number of nitrogens with zero attached hydrogens (tertiary/aromatic N) is 2. The van der Waals surface area contributed by atoms with E-state index in [0.717, 1.165) is 15.6 Å². The van der Waals surface area contributed by atoms with Crippen LogP contribution in [0.25, 0.3) is 0 Å². The second kappa shape index (κ2) is 14.6. The van der Waals surface area contributed by atoms with Crippen molar-refractivity contribution in [2.45, 2.75) is 56.8 Å². The Labute approximate surface area is 302 Å². The highest BCUT2D eigenvalue weighted by Crippen LogP contribution is 2.60. The van der Waals surface area contributed by atoms with Crippen molar-refractivity contribution >= 4 is 53.3 Å². The molecule has 2 heterocycles. The lowest BCUT2D eigenvalue weighted by Gasteiger charge is -2.32. The third-order valence-corrected chi connectivity index (χ3v) is 12.8. The maximum atomic E-state index is 14.9. The van der Waals surface area contributed by atoms with Crippen molar-refractivity contribution in [1.82, 2.24) is 4.90 Å². The van der Waals surface area contributed by atoms with Gasteiger partial charge in [-0.1, -0.05) is 83.5 Å². The minimum Gasteiger partial charge on any atom is -0.432 e. The molecule has 0 aromatic heterocycles. The SMILES string of the molecule is C[C@@H]1[C@@H]([Si](C)(C)O)[C@H](CC(=O)N(CCO)Cc2ccccc2)O[C@@]12C(=O)N(Cc1cccc(NC(=O)c3ccccc3)c1)c1ccc(Br)cc12. The summed E-state index contributed by atoms with van der Waals surface area (Å²) in [5.74, 6) is -1.15. The van der Waals surface area contributed by atoms with Crippen LogP contribution in [0.2, 0.25) is 18.6 Å². The van der Waals surface area contributed by atoms with Gasteiger partial charge in [-0.2, -0.15) is 0 Å². The predicted molar refractivity (Wildman–Crippen MR) is 199 cm³/mol. The van der Waals surface area contributed by atoms with Crippen molar-refractivity contribution in [3.8, 4) is 0 Å². The van der Waals surface area contributed by atoms with Crippen molar-refractivity contribution in [2.75, 3.05) is 23.4 Å². The topological polar surface area (TPSA) is 119 Å². The number of benzene rings is 4. The van der Waals surface area contributed by atoms with E-state index in [0.29, 0.717) is 29.0 Å². The lowest BCUT2D eigenvalue weighted by molar-refractivity contribution is -0.150. The van der Waals surface area contributed by atoms with Gasteiger partial charge in [0.15, 0.2) is 13.9 Å². The van der Waals surface area contributed by atoms with Crippen LogP contribution < -0.4 is 10.2 Å². The van der Waals surface area contributed by atoms with Crippen molar-refractivity contribution < 1.29 is 29.0 Å². The zero-order valence-electron chi connectivity index (χ0n) is 28.4. The minimum atomic E-state index is -3.02. The molecule has 0 aliphatic carbocycles. The summed E-state index contributed by atoms with van der Waals surface area (Å²) >= 11 is 3.60. The molecular formula is C39H42BrN3O6Si. The fourth-order valence-corrected chi connectivity index (χ4v) is 10.6. The normalized spacial score (nSPS) is 21.4. The Hall–Kier alpha value is -4.13. The summed E-state index contributed by atoms with van der Waals surface area (Å²) in [6.45, 7) is 6.11. The molecule has 4 aromatic rings. The predicted octanol–water partition coefficient (Wildman–Crippen LogP) is 6.46. The van der Waals surface area contributed by atoms with E-state index in [4.69, 9.17) is 4.74 Å². The van der Waals surface area contributed by atoms with Gasteiger partial charge in [-0.3, -0.25) is 14.4 Å². The van der Waals surface area contributed by atoms with Crippen molar-refractivity contribution in [2.24, 2.45) is 5.92 Å². The van der Waals surface area contributed by atoms with E-state index >= 15 is 0 Å². The molecule has 2 aliphatic rings. The summed E-state index contributed by atoms with van der Waals surface area (Å²) in [4.78, 5) is 56.6. The van der Waals surface area contributed by atoms with Crippen molar-refractivity contribution in [1.29, 1.82) is 0 Å². The maximum Gasteiger partial charge on any atom is 0.264 e. The molecular weight excluding hydrogens is 714 g/mol. The van der Waals surface area contributed by atoms with Crippen LogP contribution in [0.5, 0.6) is 0 Å². The van der Waals surface area contributed by atoms with Crippen LogP contribution >= 0.6 is 15.9 Å². The van der Waals surface area contributed by atoms with E-state index in [1.807, 2.05) is 111 Å². The third-order valence-electron chi connectivity index (χ3n) is 9.82. The number of halogens is 1. The molecule has 1 fully saturated rings. The number of nitrogens with one attached hydrogen (secondary N) is 1. The average Bonchev–Trinajstić information content (AvgIpc) is 3.51. The first kappa shape index (κ1) is 35.7. The van der Waals surface area contributed by atoms with E-state index in [2.05, 4.69) is 21.2 Å². The first-order valence-corrected chi connectivity index (χ1v) is 20.6. The van der Waals surface area contributed by atoms with Crippen LogP contribution in [0.4, 0.5) is 11.4 Å². The van der Waals surface area contributed by atoms with Crippen LogP contribution in [-0.2, 0) is 33.0 Å². The number of ether oxygens (including phenoxy) is 1. The smallest absolute Gasteiger partial charge is 0.264 e. The maximum absolute atomic E-state index is 14.9.